The van der Waals surface area contributed by atoms with Gasteiger partial charge in [-0.05, 0) is 37.0 Å². The first kappa shape index (κ1) is 12.3. The first-order valence-electron chi connectivity index (χ1n) is 6.71. The molecule has 102 valence electrons. The molecule has 5 heteroatoms. The molecular formula is C14H17NO4. The topological polar surface area (TPSA) is 79.5 Å². The molecule has 0 radical (unpaired) electrons. The van der Waals surface area contributed by atoms with Gasteiger partial charge in [-0.15, -0.1) is 0 Å². The molecule has 2 fully saturated rings. The molecule has 2 aliphatic rings. The third-order valence-electron chi connectivity index (χ3n) is 4.46. The number of hydrogen-bond donors (Lipinski definition) is 2. The molecule has 0 unspecified atom stereocenters. The molecule has 0 atom stereocenters. The lowest BCUT2D eigenvalue weighted by Crippen LogP contribution is -2.43. The highest BCUT2D eigenvalue weighted by Gasteiger charge is 2.48. The zero-order valence-electron chi connectivity index (χ0n) is 10.6. The van der Waals surface area contributed by atoms with E-state index < -0.39 is 5.97 Å². The minimum absolute atomic E-state index is 0.00528. The largest absolute Gasteiger partial charge is 0.478 e. The van der Waals surface area contributed by atoms with Gasteiger partial charge >= 0.3 is 5.97 Å². The molecule has 1 aromatic rings. The normalized spacial score (nSPS) is 20.6. The fourth-order valence-electron chi connectivity index (χ4n) is 2.97. The van der Waals surface area contributed by atoms with Gasteiger partial charge < -0.3 is 14.8 Å². The first-order valence-corrected chi connectivity index (χ1v) is 6.71. The van der Waals surface area contributed by atoms with Crippen LogP contribution >= 0.6 is 0 Å². The minimum Gasteiger partial charge on any atom is -0.478 e. The number of hydrogen-bond acceptors (Lipinski definition) is 3. The van der Waals surface area contributed by atoms with Crippen molar-refractivity contribution >= 4 is 11.9 Å². The Morgan fingerprint density at radius 1 is 1.42 bits per heavy atom. The van der Waals surface area contributed by atoms with Crippen LogP contribution in [0.4, 0.5) is 0 Å². The van der Waals surface area contributed by atoms with Crippen LogP contribution in [0.5, 0.6) is 0 Å². The van der Waals surface area contributed by atoms with E-state index in [1.54, 1.807) is 0 Å². The third-order valence-corrected chi connectivity index (χ3v) is 4.46. The second kappa shape index (κ2) is 4.40. The Bertz CT molecular complexity index is 511. The molecular weight excluding hydrogens is 246 g/mol. The monoisotopic (exact) mass is 263 g/mol. The van der Waals surface area contributed by atoms with E-state index >= 15 is 0 Å². The van der Waals surface area contributed by atoms with Crippen LogP contribution in [0.25, 0.3) is 0 Å². The quantitative estimate of drug-likeness (QED) is 0.854. The fraction of sp³-hybridized carbons (Fsp3) is 0.571. The zero-order valence-corrected chi connectivity index (χ0v) is 10.6. The smallest absolute Gasteiger partial charge is 0.338 e. The molecule has 1 amide bonds. The highest BCUT2D eigenvalue weighted by Crippen LogP contribution is 2.56. The maximum atomic E-state index is 11.9. The summed E-state index contributed by atoms with van der Waals surface area (Å²) in [5, 5.41) is 11.7. The SMILES string of the molecule is O=C(O)c1coc(C(=O)NCC2(C3CC3)CCC2)c1. The molecule has 1 heterocycles. The van der Waals surface area contributed by atoms with E-state index in [0.717, 1.165) is 12.2 Å². The number of aromatic carboxylic acids is 1. The Hall–Kier alpha value is -1.78. The van der Waals surface area contributed by atoms with E-state index in [0.29, 0.717) is 12.0 Å². The number of nitrogens with one attached hydrogen (secondary N) is 1. The van der Waals surface area contributed by atoms with Crippen LogP contribution in [0.15, 0.2) is 16.7 Å². The lowest BCUT2D eigenvalue weighted by molar-refractivity contribution is 0.0695. The second-order valence-electron chi connectivity index (χ2n) is 5.68. The molecule has 0 aliphatic heterocycles. The van der Waals surface area contributed by atoms with Gasteiger partial charge in [0, 0.05) is 12.6 Å². The summed E-state index contributed by atoms with van der Waals surface area (Å²) < 4.78 is 4.99. The predicted molar refractivity (Wildman–Crippen MR) is 67.0 cm³/mol. The lowest BCUT2D eigenvalue weighted by Gasteiger charge is -2.42. The molecule has 5 nitrogen and oxygen atoms in total. The van der Waals surface area contributed by atoms with Gasteiger partial charge in [-0.2, -0.15) is 0 Å². The summed E-state index contributed by atoms with van der Waals surface area (Å²) in [5.74, 6) is -0.564. The summed E-state index contributed by atoms with van der Waals surface area (Å²) in [7, 11) is 0. The van der Waals surface area contributed by atoms with Crippen LogP contribution in [-0.2, 0) is 0 Å². The second-order valence-corrected chi connectivity index (χ2v) is 5.68. The average molecular weight is 263 g/mol. The van der Waals surface area contributed by atoms with Gasteiger partial charge in [-0.1, -0.05) is 6.42 Å². The van der Waals surface area contributed by atoms with E-state index in [9.17, 15) is 9.59 Å². The number of amides is 1. The van der Waals surface area contributed by atoms with Crippen LogP contribution in [0.2, 0.25) is 0 Å². The number of rotatable bonds is 5. The molecule has 2 aliphatic carbocycles. The molecule has 0 aromatic carbocycles. The summed E-state index contributed by atoms with van der Waals surface area (Å²) in [5.41, 5.74) is 0.309. The van der Waals surface area contributed by atoms with Crippen molar-refractivity contribution < 1.29 is 19.1 Å². The summed E-state index contributed by atoms with van der Waals surface area (Å²) in [6.45, 7) is 0.680. The number of carbonyl (C=O) groups is 2. The molecule has 3 rings (SSSR count). The molecule has 0 spiro atoms. The van der Waals surface area contributed by atoms with Crippen LogP contribution in [-0.4, -0.2) is 23.5 Å². The Morgan fingerprint density at radius 2 is 2.16 bits per heavy atom. The van der Waals surface area contributed by atoms with Crippen molar-refractivity contribution in [2.75, 3.05) is 6.54 Å². The van der Waals surface area contributed by atoms with Crippen molar-refractivity contribution in [1.82, 2.24) is 5.32 Å². The van der Waals surface area contributed by atoms with Crippen LogP contribution < -0.4 is 5.32 Å². The van der Waals surface area contributed by atoms with Crippen LogP contribution in [0, 0.1) is 11.3 Å². The highest BCUT2D eigenvalue weighted by molar-refractivity contribution is 5.95. The zero-order chi connectivity index (χ0) is 13.5. The summed E-state index contributed by atoms with van der Waals surface area (Å²) >= 11 is 0. The Morgan fingerprint density at radius 3 is 2.63 bits per heavy atom. The van der Waals surface area contributed by atoms with E-state index in [-0.39, 0.29) is 17.2 Å². The number of furan rings is 1. The van der Waals surface area contributed by atoms with Gasteiger partial charge in [0.05, 0.1) is 5.56 Å². The van der Waals surface area contributed by atoms with Crippen LogP contribution in [0.3, 0.4) is 0 Å². The molecule has 2 N–H and O–H groups in total. The summed E-state index contributed by atoms with van der Waals surface area (Å²) in [6.07, 6.45) is 7.28. The molecule has 1 aromatic heterocycles. The summed E-state index contributed by atoms with van der Waals surface area (Å²) in [4.78, 5) is 22.6. The average Bonchev–Trinajstić information content (AvgIpc) is 3.04. The fourth-order valence-corrected chi connectivity index (χ4v) is 2.97. The Kier molecular flexibility index (Phi) is 2.84. The maximum Gasteiger partial charge on any atom is 0.338 e. The standard InChI is InChI=1S/C14H17NO4/c16-12(11-6-9(7-19-11)13(17)18)15-8-14(4-1-5-14)10-2-3-10/h6-7,10H,1-5,8H2,(H,15,16)(H,17,18). The molecule has 2 saturated carbocycles. The Labute approximate surface area is 111 Å². The Balaban J connectivity index is 1.60. The van der Waals surface area contributed by atoms with Crippen molar-refractivity contribution in [3.63, 3.8) is 0 Å². The van der Waals surface area contributed by atoms with Crippen molar-refractivity contribution in [2.45, 2.75) is 32.1 Å². The number of carboxylic acids is 1. The third kappa shape index (κ3) is 2.25. The van der Waals surface area contributed by atoms with Gasteiger partial charge in [0.2, 0.25) is 0 Å². The number of carbonyl (C=O) groups excluding carboxylic acids is 1. The molecule has 19 heavy (non-hydrogen) atoms. The van der Waals surface area contributed by atoms with Gasteiger partial charge in [-0.25, -0.2) is 4.79 Å². The van der Waals surface area contributed by atoms with Crippen molar-refractivity contribution in [2.24, 2.45) is 11.3 Å². The van der Waals surface area contributed by atoms with Gasteiger partial charge in [0.25, 0.3) is 5.91 Å². The minimum atomic E-state index is -1.09. The van der Waals surface area contributed by atoms with E-state index in [1.165, 1.54) is 38.2 Å². The van der Waals surface area contributed by atoms with Gasteiger partial charge in [0.15, 0.2) is 5.76 Å². The van der Waals surface area contributed by atoms with E-state index in [1.807, 2.05) is 0 Å². The van der Waals surface area contributed by atoms with Crippen molar-refractivity contribution in [3.8, 4) is 0 Å². The summed E-state index contributed by atoms with van der Waals surface area (Å²) in [6, 6.07) is 1.27. The number of carboxylic acid groups (broad SMARTS) is 1. The van der Waals surface area contributed by atoms with Gasteiger partial charge in [-0.3, -0.25) is 4.79 Å². The predicted octanol–water partition coefficient (Wildman–Crippen LogP) is 2.29. The van der Waals surface area contributed by atoms with E-state index in [2.05, 4.69) is 5.32 Å². The first-order chi connectivity index (χ1) is 9.11. The van der Waals surface area contributed by atoms with Crippen LogP contribution in [0.1, 0.15) is 53.0 Å². The van der Waals surface area contributed by atoms with Gasteiger partial charge in [0.1, 0.15) is 6.26 Å². The lowest BCUT2D eigenvalue weighted by atomic mass is 9.65. The van der Waals surface area contributed by atoms with Crippen molar-refractivity contribution in [3.05, 3.63) is 23.7 Å². The molecule has 0 saturated heterocycles. The van der Waals surface area contributed by atoms with E-state index in [4.69, 9.17) is 9.52 Å². The maximum absolute atomic E-state index is 11.9. The highest BCUT2D eigenvalue weighted by atomic mass is 16.4. The van der Waals surface area contributed by atoms with Crippen molar-refractivity contribution in [1.29, 1.82) is 0 Å². The molecule has 0 bridgehead atoms.